The van der Waals surface area contributed by atoms with Gasteiger partial charge in [-0.15, -0.1) is 0 Å². The van der Waals surface area contributed by atoms with Gasteiger partial charge in [-0.1, -0.05) is 30.3 Å². The van der Waals surface area contributed by atoms with Crippen LogP contribution in [0.2, 0.25) is 0 Å². The van der Waals surface area contributed by atoms with Crippen molar-refractivity contribution in [1.82, 2.24) is 14.9 Å². The predicted octanol–water partition coefficient (Wildman–Crippen LogP) is 3.36. The number of aromatic nitrogens is 2. The first-order valence-electron chi connectivity index (χ1n) is 11.0. The van der Waals surface area contributed by atoms with Gasteiger partial charge >= 0.3 is 6.09 Å². The molecule has 2 aliphatic rings. The molecule has 0 unspecified atom stereocenters. The average Bonchev–Trinajstić information content (AvgIpc) is 2.80. The normalized spacial score (nSPS) is 18.0. The fraction of sp³-hybridized carbons (Fsp3) is 0.542. The minimum Gasteiger partial charge on any atom is -0.444 e. The molecule has 0 saturated carbocycles. The van der Waals surface area contributed by atoms with Crippen molar-refractivity contribution in [3.63, 3.8) is 0 Å². The van der Waals surface area contributed by atoms with Crippen molar-refractivity contribution in [2.24, 2.45) is 0 Å². The Kier molecular flexibility index (Phi) is 7.69. The van der Waals surface area contributed by atoms with Crippen LogP contribution in [0, 0.1) is 0 Å². The number of aliphatic hydroxyl groups excluding tert-OH is 1. The van der Waals surface area contributed by atoms with Gasteiger partial charge in [0.15, 0.2) is 0 Å². The molecule has 8 nitrogen and oxygen atoms in total. The topological polar surface area (TPSA) is 88.0 Å². The quantitative estimate of drug-likeness (QED) is 0.763. The molecule has 2 fully saturated rings. The third kappa shape index (κ3) is 5.95. The number of rotatable bonds is 2. The van der Waals surface area contributed by atoms with Crippen LogP contribution < -0.4 is 4.90 Å². The van der Waals surface area contributed by atoms with Crippen molar-refractivity contribution in [3.8, 4) is 11.3 Å². The third-order valence-electron chi connectivity index (χ3n) is 5.57. The summed E-state index contributed by atoms with van der Waals surface area (Å²) in [6.07, 6.45) is 3.13. The second kappa shape index (κ2) is 10.3. The van der Waals surface area contributed by atoms with Gasteiger partial charge in [0.1, 0.15) is 5.60 Å². The molecule has 8 heteroatoms. The lowest BCUT2D eigenvalue weighted by atomic mass is 9.89. The first-order chi connectivity index (χ1) is 15.3. The number of aliphatic hydroxyl groups is 1. The first kappa shape index (κ1) is 23.9. The number of morpholine rings is 1. The zero-order valence-electron chi connectivity index (χ0n) is 19.5. The van der Waals surface area contributed by atoms with Crippen LogP contribution in [-0.2, 0) is 9.47 Å². The molecule has 174 valence electrons. The summed E-state index contributed by atoms with van der Waals surface area (Å²) >= 11 is 0. The maximum atomic E-state index is 12.4. The molecule has 3 heterocycles. The second-order valence-corrected chi connectivity index (χ2v) is 9.03. The predicted molar refractivity (Wildman–Crippen MR) is 124 cm³/mol. The van der Waals surface area contributed by atoms with Gasteiger partial charge in [-0.05, 0) is 39.7 Å². The fourth-order valence-corrected chi connectivity index (χ4v) is 4.01. The Morgan fingerprint density at radius 2 is 1.78 bits per heavy atom. The zero-order valence-corrected chi connectivity index (χ0v) is 19.5. The smallest absolute Gasteiger partial charge is 0.410 e. The van der Waals surface area contributed by atoms with E-state index in [1.54, 1.807) is 4.90 Å². The summed E-state index contributed by atoms with van der Waals surface area (Å²) in [7, 11) is 1.00. The summed E-state index contributed by atoms with van der Waals surface area (Å²) in [5.74, 6) is 0.730. The SMILES string of the molecule is CC(C)(C)OC(=O)N1CCC2(CC1)CN(c1nccc(-c3ccccc3)n1)CCO2.CO. The van der Waals surface area contributed by atoms with Crippen molar-refractivity contribution < 1.29 is 19.4 Å². The number of nitrogens with zero attached hydrogens (tertiary/aromatic N) is 4. The second-order valence-electron chi connectivity index (χ2n) is 9.03. The van der Waals surface area contributed by atoms with Crippen molar-refractivity contribution in [2.75, 3.05) is 44.8 Å². The number of anilines is 1. The van der Waals surface area contributed by atoms with E-state index in [2.05, 4.69) is 22.0 Å². The molecule has 32 heavy (non-hydrogen) atoms. The van der Waals surface area contributed by atoms with E-state index in [1.165, 1.54) is 0 Å². The summed E-state index contributed by atoms with van der Waals surface area (Å²) in [6.45, 7) is 9.06. The Hall–Kier alpha value is -2.71. The Labute approximate surface area is 190 Å². The highest BCUT2D eigenvalue weighted by molar-refractivity contribution is 5.68. The molecule has 1 amide bonds. The van der Waals surface area contributed by atoms with Crippen LogP contribution in [0.15, 0.2) is 42.6 Å². The van der Waals surface area contributed by atoms with E-state index in [4.69, 9.17) is 19.6 Å². The van der Waals surface area contributed by atoms with Crippen LogP contribution in [0.5, 0.6) is 0 Å². The summed E-state index contributed by atoms with van der Waals surface area (Å²) in [4.78, 5) is 25.7. The van der Waals surface area contributed by atoms with Crippen molar-refractivity contribution >= 4 is 12.0 Å². The average molecular weight is 443 g/mol. The van der Waals surface area contributed by atoms with Crippen LogP contribution in [0.25, 0.3) is 11.3 Å². The Morgan fingerprint density at radius 3 is 2.44 bits per heavy atom. The molecule has 2 aromatic rings. The van der Waals surface area contributed by atoms with Gasteiger partial charge in [0.05, 0.1) is 24.4 Å². The Balaban J connectivity index is 0.00000141. The molecule has 0 bridgehead atoms. The molecule has 0 atom stereocenters. The lowest BCUT2D eigenvalue weighted by molar-refractivity contribution is -0.0915. The summed E-state index contributed by atoms with van der Waals surface area (Å²) in [5, 5.41) is 7.00. The highest BCUT2D eigenvalue weighted by atomic mass is 16.6. The van der Waals surface area contributed by atoms with Crippen molar-refractivity contribution in [2.45, 2.75) is 44.8 Å². The highest BCUT2D eigenvalue weighted by Gasteiger charge is 2.42. The summed E-state index contributed by atoms with van der Waals surface area (Å²) in [6, 6.07) is 12.1. The number of carbonyl (C=O) groups is 1. The number of hydrogen-bond donors (Lipinski definition) is 1. The highest BCUT2D eigenvalue weighted by Crippen LogP contribution is 2.32. The maximum absolute atomic E-state index is 12.4. The number of amides is 1. The number of carbonyl (C=O) groups excluding carboxylic acids is 1. The first-order valence-corrected chi connectivity index (χ1v) is 11.0. The van der Waals surface area contributed by atoms with E-state index in [0.717, 1.165) is 50.2 Å². The zero-order chi connectivity index (χ0) is 23.2. The molecule has 1 spiro atoms. The van der Waals surface area contributed by atoms with E-state index >= 15 is 0 Å². The van der Waals surface area contributed by atoms with Crippen LogP contribution in [0.1, 0.15) is 33.6 Å². The third-order valence-corrected chi connectivity index (χ3v) is 5.57. The van der Waals surface area contributed by atoms with Crippen LogP contribution in [-0.4, -0.2) is 77.2 Å². The van der Waals surface area contributed by atoms with E-state index in [1.807, 2.05) is 51.2 Å². The number of likely N-dealkylation sites (tertiary alicyclic amines) is 1. The maximum Gasteiger partial charge on any atom is 0.410 e. The van der Waals surface area contributed by atoms with Gasteiger partial charge in [0, 0.05) is 38.5 Å². The monoisotopic (exact) mass is 442 g/mol. The fourth-order valence-electron chi connectivity index (χ4n) is 4.01. The lowest BCUT2D eigenvalue weighted by Crippen LogP contribution is -2.58. The molecule has 1 N–H and O–H groups in total. The molecule has 1 aromatic carbocycles. The van der Waals surface area contributed by atoms with E-state index < -0.39 is 5.60 Å². The Morgan fingerprint density at radius 1 is 1.09 bits per heavy atom. The van der Waals surface area contributed by atoms with Crippen molar-refractivity contribution in [3.05, 3.63) is 42.6 Å². The molecular formula is C24H34N4O4. The summed E-state index contributed by atoms with van der Waals surface area (Å²) in [5.41, 5.74) is 1.24. The van der Waals surface area contributed by atoms with Gasteiger partial charge in [-0.3, -0.25) is 0 Å². The van der Waals surface area contributed by atoms with Crippen LogP contribution in [0.4, 0.5) is 10.7 Å². The molecule has 2 saturated heterocycles. The molecule has 4 rings (SSSR count). The van der Waals surface area contributed by atoms with E-state index in [0.29, 0.717) is 19.7 Å². The minimum absolute atomic E-state index is 0.246. The lowest BCUT2D eigenvalue weighted by Gasteiger charge is -2.47. The van der Waals surface area contributed by atoms with Gasteiger partial charge in [0.25, 0.3) is 0 Å². The minimum atomic E-state index is -0.481. The number of ether oxygens (including phenoxy) is 2. The number of benzene rings is 1. The van der Waals surface area contributed by atoms with Crippen molar-refractivity contribution in [1.29, 1.82) is 0 Å². The van der Waals surface area contributed by atoms with E-state index in [-0.39, 0.29) is 11.7 Å². The van der Waals surface area contributed by atoms with Gasteiger partial charge in [-0.25, -0.2) is 14.8 Å². The van der Waals surface area contributed by atoms with Crippen LogP contribution in [0.3, 0.4) is 0 Å². The summed E-state index contributed by atoms with van der Waals surface area (Å²) < 4.78 is 11.7. The molecular weight excluding hydrogens is 408 g/mol. The molecule has 0 aliphatic carbocycles. The van der Waals surface area contributed by atoms with Gasteiger partial charge in [-0.2, -0.15) is 0 Å². The van der Waals surface area contributed by atoms with Crippen LogP contribution >= 0.6 is 0 Å². The van der Waals surface area contributed by atoms with E-state index in [9.17, 15) is 4.79 Å². The van der Waals surface area contributed by atoms with Gasteiger partial charge in [0.2, 0.25) is 5.95 Å². The molecule has 1 aromatic heterocycles. The Bertz CT molecular complexity index is 877. The largest absolute Gasteiger partial charge is 0.444 e. The standard InChI is InChI=1S/C23H30N4O3.CH4O/c1-22(2,3)30-21(28)26-13-10-23(11-14-26)17-27(15-16-29-23)20-24-12-9-19(25-20)18-7-5-4-6-8-18;1-2/h4-9,12H,10-11,13-17H2,1-3H3;2H,1H3. The number of hydrogen-bond acceptors (Lipinski definition) is 7. The van der Waals surface area contributed by atoms with Gasteiger partial charge < -0.3 is 24.4 Å². The molecule has 2 aliphatic heterocycles. The number of piperidine rings is 1. The molecule has 0 radical (unpaired) electrons.